The van der Waals surface area contributed by atoms with Crippen LogP contribution in [-0.4, -0.2) is 24.7 Å². The summed E-state index contributed by atoms with van der Waals surface area (Å²) in [4.78, 5) is 12.4. The summed E-state index contributed by atoms with van der Waals surface area (Å²) in [5.74, 6) is 1.45. The molecule has 0 radical (unpaired) electrons. The zero-order valence-corrected chi connectivity index (χ0v) is 16.6. The Balaban J connectivity index is 1.89. The van der Waals surface area contributed by atoms with Gasteiger partial charge >= 0.3 is 0 Å². The Labute approximate surface area is 156 Å². The van der Waals surface area contributed by atoms with E-state index in [1.54, 1.807) is 6.92 Å². The van der Waals surface area contributed by atoms with Gasteiger partial charge in [0.1, 0.15) is 18.1 Å². The van der Waals surface area contributed by atoms with E-state index in [0.717, 1.165) is 33.8 Å². The van der Waals surface area contributed by atoms with Gasteiger partial charge in [-0.3, -0.25) is 4.79 Å². The molecule has 2 aromatic rings. The maximum Gasteiger partial charge on any atom is 0.261 e. The third-order valence-corrected chi connectivity index (χ3v) is 4.41. The first-order chi connectivity index (χ1) is 12.3. The Morgan fingerprint density at radius 1 is 1.00 bits per heavy atom. The minimum atomic E-state index is -0.573. The molecule has 0 saturated heterocycles. The van der Waals surface area contributed by atoms with Crippen LogP contribution in [-0.2, 0) is 4.79 Å². The second-order valence-corrected chi connectivity index (χ2v) is 6.95. The molecule has 0 aromatic heterocycles. The fraction of sp³-hybridized carbons (Fsp3) is 0.409. The first-order valence-electron chi connectivity index (χ1n) is 9.01. The summed E-state index contributed by atoms with van der Waals surface area (Å²) < 4.78 is 11.7. The van der Waals surface area contributed by atoms with Gasteiger partial charge in [0.15, 0.2) is 6.10 Å². The van der Waals surface area contributed by atoms with Crippen LogP contribution in [0.5, 0.6) is 11.5 Å². The lowest BCUT2D eigenvalue weighted by atomic mass is 10.1. The van der Waals surface area contributed by atoms with Crippen molar-refractivity contribution in [3.63, 3.8) is 0 Å². The number of hydrogen-bond acceptors (Lipinski definition) is 3. The SMILES string of the molecule is Cc1cc(C)c(C)c(O[C@H](C)C(=O)N[C@H](C)COc2ccccc2C)c1. The van der Waals surface area contributed by atoms with Crippen molar-refractivity contribution in [3.05, 3.63) is 58.7 Å². The standard InChI is InChI=1S/C22H29NO3/c1-14-11-16(3)18(5)21(12-14)26-19(6)22(24)23-17(4)13-25-20-10-8-7-9-15(20)2/h7-12,17,19H,13H2,1-6H3,(H,23,24)/t17-,19-/m1/s1. The summed E-state index contributed by atoms with van der Waals surface area (Å²) in [7, 11) is 0. The van der Waals surface area contributed by atoms with Gasteiger partial charge in [-0.15, -0.1) is 0 Å². The van der Waals surface area contributed by atoms with Crippen molar-refractivity contribution in [2.45, 2.75) is 53.7 Å². The van der Waals surface area contributed by atoms with Gasteiger partial charge in [0.05, 0.1) is 6.04 Å². The molecule has 0 saturated carbocycles. The van der Waals surface area contributed by atoms with E-state index in [0.29, 0.717) is 6.61 Å². The number of ether oxygens (including phenoxy) is 2. The topological polar surface area (TPSA) is 47.6 Å². The van der Waals surface area contributed by atoms with Crippen LogP contribution in [0.25, 0.3) is 0 Å². The Bertz CT molecular complexity index is 770. The van der Waals surface area contributed by atoms with E-state index in [2.05, 4.69) is 11.4 Å². The molecule has 0 fully saturated rings. The Morgan fingerprint density at radius 3 is 2.38 bits per heavy atom. The van der Waals surface area contributed by atoms with Gasteiger partial charge in [-0.25, -0.2) is 0 Å². The Morgan fingerprint density at radius 2 is 1.69 bits per heavy atom. The highest BCUT2D eigenvalue weighted by Gasteiger charge is 2.18. The van der Waals surface area contributed by atoms with Crippen LogP contribution in [0.4, 0.5) is 0 Å². The average Bonchev–Trinajstić information content (AvgIpc) is 2.58. The van der Waals surface area contributed by atoms with Crippen LogP contribution < -0.4 is 14.8 Å². The highest BCUT2D eigenvalue weighted by Crippen LogP contribution is 2.24. The summed E-state index contributed by atoms with van der Waals surface area (Å²) >= 11 is 0. The van der Waals surface area contributed by atoms with Crippen LogP contribution in [0.2, 0.25) is 0 Å². The molecule has 2 atom stereocenters. The number of para-hydroxylation sites is 1. The van der Waals surface area contributed by atoms with Gasteiger partial charge in [0, 0.05) is 0 Å². The molecule has 2 rings (SSSR count). The number of carbonyl (C=O) groups excluding carboxylic acids is 1. The summed E-state index contributed by atoms with van der Waals surface area (Å²) in [6.45, 7) is 12.2. The normalized spacial score (nSPS) is 13.0. The molecule has 1 amide bonds. The van der Waals surface area contributed by atoms with E-state index in [9.17, 15) is 4.79 Å². The smallest absolute Gasteiger partial charge is 0.261 e. The van der Waals surface area contributed by atoms with Crippen molar-refractivity contribution >= 4 is 5.91 Å². The van der Waals surface area contributed by atoms with Crippen LogP contribution in [0.1, 0.15) is 36.1 Å². The lowest BCUT2D eigenvalue weighted by molar-refractivity contribution is -0.128. The lowest BCUT2D eigenvalue weighted by Crippen LogP contribution is -2.43. The molecule has 4 heteroatoms. The zero-order valence-electron chi connectivity index (χ0n) is 16.6. The van der Waals surface area contributed by atoms with Crippen molar-refractivity contribution < 1.29 is 14.3 Å². The number of amides is 1. The van der Waals surface area contributed by atoms with Crippen molar-refractivity contribution in [2.24, 2.45) is 0 Å². The number of carbonyl (C=O) groups is 1. The molecule has 0 heterocycles. The zero-order chi connectivity index (χ0) is 19.3. The fourth-order valence-electron chi connectivity index (χ4n) is 2.70. The molecule has 0 aliphatic carbocycles. The monoisotopic (exact) mass is 355 g/mol. The Kier molecular flexibility index (Phi) is 6.67. The molecule has 0 unspecified atom stereocenters. The second kappa shape index (κ2) is 8.75. The first kappa shape index (κ1) is 19.8. The van der Waals surface area contributed by atoms with Gasteiger partial charge < -0.3 is 14.8 Å². The van der Waals surface area contributed by atoms with Crippen molar-refractivity contribution in [3.8, 4) is 11.5 Å². The van der Waals surface area contributed by atoms with Gasteiger partial charge in [-0.05, 0) is 75.9 Å². The number of aryl methyl sites for hydroxylation is 3. The quantitative estimate of drug-likeness (QED) is 0.807. The number of nitrogens with one attached hydrogen (secondary N) is 1. The maximum atomic E-state index is 12.4. The van der Waals surface area contributed by atoms with Crippen molar-refractivity contribution in [1.82, 2.24) is 5.32 Å². The van der Waals surface area contributed by atoms with Crippen LogP contribution in [0, 0.1) is 27.7 Å². The largest absolute Gasteiger partial charge is 0.491 e. The van der Waals surface area contributed by atoms with Gasteiger partial charge in [-0.2, -0.15) is 0 Å². The molecule has 0 aliphatic heterocycles. The highest BCUT2D eigenvalue weighted by molar-refractivity contribution is 5.81. The maximum absolute atomic E-state index is 12.4. The van der Waals surface area contributed by atoms with E-state index < -0.39 is 6.10 Å². The van der Waals surface area contributed by atoms with E-state index in [-0.39, 0.29) is 11.9 Å². The van der Waals surface area contributed by atoms with E-state index in [1.165, 1.54) is 0 Å². The summed E-state index contributed by atoms with van der Waals surface area (Å²) in [5, 5.41) is 2.95. The fourth-order valence-corrected chi connectivity index (χ4v) is 2.70. The molecule has 0 aliphatic rings. The molecule has 1 N–H and O–H groups in total. The summed E-state index contributed by atoms with van der Waals surface area (Å²) in [6, 6.07) is 11.8. The van der Waals surface area contributed by atoms with Gasteiger partial charge in [-0.1, -0.05) is 24.3 Å². The van der Waals surface area contributed by atoms with Crippen LogP contribution in [0.15, 0.2) is 36.4 Å². The van der Waals surface area contributed by atoms with Crippen LogP contribution in [0.3, 0.4) is 0 Å². The molecule has 2 aromatic carbocycles. The number of rotatable bonds is 7. The van der Waals surface area contributed by atoms with E-state index in [4.69, 9.17) is 9.47 Å². The molecule has 140 valence electrons. The summed E-state index contributed by atoms with van der Waals surface area (Å²) in [6.07, 6.45) is -0.573. The molecular weight excluding hydrogens is 326 g/mol. The van der Waals surface area contributed by atoms with E-state index >= 15 is 0 Å². The number of benzene rings is 2. The summed E-state index contributed by atoms with van der Waals surface area (Å²) in [5.41, 5.74) is 4.42. The predicted octanol–water partition coefficient (Wildman–Crippen LogP) is 4.27. The minimum Gasteiger partial charge on any atom is -0.491 e. The van der Waals surface area contributed by atoms with Crippen molar-refractivity contribution in [1.29, 1.82) is 0 Å². The average molecular weight is 355 g/mol. The minimum absolute atomic E-state index is 0.117. The molecule has 0 spiro atoms. The third kappa shape index (κ3) is 5.25. The number of hydrogen-bond donors (Lipinski definition) is 1. The molecular formula is C22H29NO3. The van der Waals surface area contributed by atoms with Gasteiger partial charge in [0.2, 0.25) is 0 Å². The molecule has 0 bridgehead atoms. The molecule has 4 nitrogen and oxygen atoms in total. The third-order valence-electron chi connectivity index (χ3n) is 4.41. The second-order valence-electron chi connectivity index (χ2n) is 6.95. The first-order valence-corrected chi connectivity index (χ1v) is 9.01. The highest BCUT2D eigenvalue weighted by atomic mass is 16.5. The predicted molar refractivity (Wildman–Crippen MR) is 105 cm³/mol. The van der Waals surface area contributed by atoms with E-state index in [1.807, 2.05) is 65.0 Å². The lowest BCUT2D eigenvalue weighted by Gasteiger charge is -2.21. The van der Waals surface area contributed by atoms with Gasteiger partial charge in [0.25, 0.3) is 5.91 Å². The molecule has 26 heavy (non-hydrogen) atoms. The van der Waals surface area contributed by atoms with Crippen LogP contribution >= 0.6 is 0 Å². The Hall–Kier alpha value is -2.49. The van der Waals surface area contributed by atoms with Crippen molar-refractivity contribution in [2.75, 3.05) is 6.61 Å².